The first-order chi connectivity index (χ1) is 6.06. The third-order valence-electron chi connectivity index (χ3n) is 2.86. The Balaban J connectivity index is 0. The van der Waals surface area contributed by atoms with Gasteiger partial charge in [-0.2, -0.15) is 13.8 Å². The van der Waals surface area contributed by atoms with Gasteiger partial charge in [0.15, 0.2) is 0 Å². The van der Waals surface area contributed by atoms with Gasteiger partial charge in [-0.1, -0.05) is 26.7 Å². The largest absolute Gasteiger partial charge is 2.00 e. The second-order valence-corrected chi connectivity index (χ2v) is 4.81. The van der Waals surface area contributed by atoms with Gasteiger partial charge in [0.2, 0.25) is 0 Å². The summed E-state index contributed by atoms with van der Waals surface area (Å²) >= 11 is 0. The van der Waals surface area contributed by atoms with Crippen molar-refractivity contribution >= 4 is 7.85 Å². The van der Waals surface area contributed by atoms with Crippen molar-refractivity contribution < 1.29 is 39.6 Å². The zero-order valence-electron chi connectivity index (χ0n) is 9.70. The Morgan fingerprint density at radius 1 is 1.67 bits per heavy atom. The van der Waals surface area contributed by atoms with E-state index in [1.165, 1.54) is 6.42 Å². The molecule has 1 heterocycles. The SMILES string of the molecule is [B][CH-]C(C)CC1([CH2-])CNCC(C)C1.[V].[W+2]. The fourth-order valence-corrected chi connectivity index (χ4v) is 2.37. The molecule has 3 radical (unpaired) electrons. The van der Waals surface area contributed by atoms with Gasteiger partial charge in [0.05, 0.1) is 0 Å². The summed E-state index contributed by atoms with van der Waals surface area (Å²) in [6, 6.07) is 0. The maximum atomic E-state index is 5.51. The van der Waals surface area contributed by atoms with Crippen molar-refractivity contribution in [2.45, 2.75) is 26.7 Å². The van der Waals surface area contributed by atoms with Crippen LogP contribution in [0, 0.1) is 30.5 Å². The summed E-state index contributed by atoms with van der Waals surface area (Å²) in [5, 5.41) is 3.44. The standard InChI is InChI=1S/C11H20BN.V.W/c1-9(6-12)4-11(3)5-10(2)7-13-8-11;;/h6,9-10,13H,3-5,7-8H2,1-2H3;;/q-2;;+2. The third-order valence-corrected chi connectivity index (χ3v) is 2.86. The molecule has 3 atom stereocenters. The van der Waals surface area contributed by atoms with Crippen LogP contribution in [0.1, 0.15) is 26.7 Å². The maximum Gasteiger partial charge on any atom is 2.00 e. The molecule has 0 bridgehead atoms. The van der Waals surface area contributed by atoms with Gasteiger partial charge in [0.25, 0.3) is 0 Å². The van der Waals surface area contributed by atoms with Crippen LogP contribution in [0.4, 0.5) is 0 Å². The van der Waals surface area contributed by atoms with Crippen LogP contribution in [0.3, 0.4) is 0 Å². The first-order valence-electron chi connectivity index (χ1n) is 5.17. The Morgan fingerprint density at radius 2 is 2.27 bits per heavy atom. The van der Waals surface area contributed by atoms with Gasteiger partial charge in [-0.3, -0.25) is 0 Å². The molecule has 1 fully saturated rings. The molecule has 0 aromatic heterocycles. The predicted molar refractivity (Wildman–Crippen MR) is 58.3 cm³/mol. The van der Waals surface area contributed by atoms with Crippen LogP contribution < -0.4 is 5.32 Å². The molecule has 1 saturated heterocycles. The van der Waals surface area contributed by atoms with Gasteiger partial charge in [0, 0.05) is 18.6 Å². The van der Waals surface area contributed by atoms with Gasteiger partial charge in [0.1, 0.15) is 0 Å². The molecular weight excluding hydrogens is 392 g/mol. The molecule has 3 unspecified atom stereocenters. The number of nitrogens with one attached hydrogen (secondary N) is 1. The summed E-state index contributed by atoms with van der Waals surface area (Å²) in [5.41, 5.74) is 0.201. The normalized spacial score (nSPS) is 32.3. The molecule has 4 heteroatoms. The molecule has 1 N–H and O–H groups in total. The molecule has 1 aliphatic heterocycles. The molecule has 15 heavy (non-hydrogen) atoms. The average Bonchev–Trinajstić information content (AvgIpc) is 2.02. The zero-order chi connectivity index (χ0) is 9.90. The minimum absolute atomic E-state index is 0. The summed E-state index contributed by atoms with van der Waals surface area (Å²) in [6.07, 6.45) is 4.10. The molecule has 1 rings (SSSR count). The fraction of sp³-hybridized carbons (Fsp3) is 0.818. The molecule has 1 nitrogen and oxygen atoms in total. The Hall–Kier alpha value is 1.30. The van der Waals surface area contributed by atoms with Crippen molar-refractivity contribution in [2.24, 2.45) is 17.3 Å². The van der Waals surface area contributed by atoms with Crippen molar-refractivity contribution in [1.29, 1.82) is 0 Å². The minimum Gasteiger partial charge on any atom is -0.365 e. The van der Waals surface area contributed by atoms with E-state index in [0.29, 0.717) is 5.92 Å². The van der Waals surface area contributed by atoms with Crippen LogP contribution in [-0.2, 0) is 39.6 Å². The summed E-state index contributed by atoms with van der Waals surface area (Å²) in [6.45, 7) is 10.9. The number of rotatable bonds is 3. The van der Waals surface area contributed by atoms with Crippen molar-refractivity contribution in [2.75, 3.05) is 13.1 Å². The van der Waals surface area contributed by atoms with Crippen LogP contribution in [0.2, 0.25) is 0 Å². The van der Waals surface area contributed by atoms with Crippen LogP contribution in [0.25, 0.3) is 0 Å². The van der Waals surface area contributed by atoms with E-state index in [4.69, 9.17) is 7.85 Å². The van der Waals surface area contributed by atoms with E-state index in [1.807, 2.05) is 0 Å². The van der Waals surface area contributed by atoms with Gasteiger partial charge in [-0.05, 0) is 19.0 Å². The van der Waals surface area contributed by atoms with Gasteiger partial charge in [-0.15, -0.1) is 5.41 Å². The van der Waals surface area contributed by atoms with E-state index >= 15 is 0 Å². The Morgan fingerprint density at radius 3 is 2.73 bits per heavy atom. The monoisotopic (exact) mass is 412 g/mol. The first-order valence-corrected chi connectivity index (χ1v) is 5.17. The van der Waals surface area contributed by atoms with Crippen LogP contribution in [0.15, 0.2) is 0 Å². The quantitative estimate of drug-likeness (QED) is 0.551. The third kappa shape index (κ3) is 6.57. The van der Waals surface area contributed by atoms with E-state index in [0.717, 1.165) is 25.4 Å². The van der Waals surface area contributed by atoms with Gasteiger partial charge < -0.3 is 18.6 Å². The molecule has 0 aromatic carbocycles. The molecule has 83 valence electrons. The predicted octanol–water partition coefficient (Wildman–Crippen LogP) is 1.79. The second kappa shape index (κ2) is 8.40. The Labute approximate surface area is 122 Å². The number of piperidine rings is 1. The van der Waals surface area contributed by atoms with Crippen LogP contribution in [0.5, 0.6) is 0 Å². The number of hydrogen-bond donors (Lipinski definition) is 1. The molecule has 0 amide bonds. The first kappa shape index (κ1) is 18.7. The molecule has 0 spiro atoms. The minimum atomic E-state index is 0. The van der Waals surface area contributed by atoms with E-state index < -0.39 is 0 Å². The average molecular weight is 412 g/mol. The summed E-state index contributed by atoms with van der Waals surface area (Å²) in [7, 11) is 5.51. The van der Waals surface area contributed by atoms with Gasteiger partial charge in [-0.25, -0.2) is 0 Å². The smallest absolute Gasteiger partial charge is 0.365 e. The fourth-order valence-electron chi connectivity index (χ4n) is 2.37. The number of hydrogen-bond acceptors (Lipinski definition) is 1. The van der Waals surface area contributed by atoms with E-state index in [2.05, 4.69) is 26.1 Å². The van der Waals surface area contributed by atoms with Crippen LogP contribution >= 0.6 is 0 Å². The Kier molecular flexibility index (Phi) is 10.4. The van der Waals surface area contributed by atoms with Crippen molar-refractivity contribution in [3.8, 4) is 0 Å². The van der Waals surface area contributed by atoms with E-state index in [1.54, 1.807) is 6.32 Å². The van der Waals surface area contributed by atoms with Crippen LogP contribution in [-0.4, -0.2) is 20.9 Å². The van der Waals surface area contributed by atoms with E-state index in [-0.39, 0.29) is 45.0 Å². The van der Waals surface area contributed by atoms with Crippen molar-refractivity contribution in [3.05, 3.63) is 13.2 Å². The summed E-state index contributed by atoms with van der Waals surface area (Å²) < 4.78 is 0. The summed E-state index contributed by atoms with van der Waals surface area (Å²) in [4.78, 5) is 0. The van der Waals surface area contributed by atoms with Crippen molar-refractivity contribution in [3.63, 3.8) is 0 Å². The molecule has 1 aliphatic rings. The Bertz CT molecular complexity index is 171. The topological polar surface area (TPSA) is 12.0 Å². The second-order valence-electron chi connectivity index (χ2n) is 4.81. The molecule has 0 aliphatic carbocycles. The zero-order valence-corrected chi connectivity index (χ0v) is 14.0. The molecular formula is C11H20BNVW. The van der Waals surface area contributed by atoms with Gasteiger partial charge >= 0.3 is 21.1 Å². The maximum absolute atomic E-state index is 5.51. The van der Waals surface area contributed by atoms with E-state index in [9.17, 15) is 0 Å². The van der Waals surface area contributed by atoms with Crippen molar-refractivity contribution in [1.82, 2.24) is 5.32 Å². The molecule has 0 aromatic rings. The summed E-state index contributed by atoms with van der Waals surface area (Å²) in [5.74, 6) is 1.22. The molecule has 0 saturated carbocycles.